The van der Waals surface area contributed by atoms with E-state index in [0.29, 0.717) is 10.7 Å². The average Bonchev–Trinajstić information content (AvgIpc) is 2.29. The number of pyridine rings is 1. The van der Waals surface area contributed by atoms with E-state index < -0.39 is 0 Å². The SMILES string of the molecule is O=Cc1ccccc1-c1ccnc(Cl)c1. The molecule has 2 rings (SSSR count). The minimum atomic E-state index is 0.424. The third kappa shape index (κ3) is 2.05. The molecule has 0 saturated carbocycles. The van der Waals surface area contributed by atoms with E-state index in [1.807, 2.05) is 24.3 Å². The molecular formula is C12H8ClNO. The van der Waals surface area contributed by atoms with Gasteiger partial charge in [0.15, 0.2) is 6.29 Å². The van der Waals surface area contributed by atoms with E-state index in [9.17, 15) is 4.79 Å². The molecule has 0 atom stereocenters. The lowest BCUT2D eigenvalue weighted by Crippen LogP contribution is -1.87. The number of carbonyl (C=O) groups is 1. The Balaban J connectivity index is 2.58. The Bertz CT molecular complexity index is 496. The van der Waals surface area contributed by atoms with Crippen LogP contribution in [-0.4, -0.2) is 11.3 Å². The van der Waals surface area contributed by atoms with Gasteiger partial charge in [-0.25, -0.2) is 4.98 Å². The number of halogens is 1. The van der Waals surface area contributed by atoms with Gasteiger partial charge in [-0.3, -0.25) is 4.79 Å². The molecule has 0 bridgehead atoms. The summed E-state index contributed by atoms with van der Waals surface area (Å²) in [7, 11) is 0. The van der Waals surface area contributed by atoms with Gasteiger partial charge < -0.3 is 0 Å². The van der Waals surface area contributed by atoms with Crippen LogP contribution >= 0.6 is 11.6 Å². The summed E-state index contributed by atoms with van der Waals surface area (Å²) < 4.78 is 0. The van der Waals surface area contributed by atoms with Gasteiger partial charge in [-0.1, -0.05) is 35.9 Å². The van der Waals surface area contributed by atoms with Gasteiger partial charge in [-0.2, -0.15) is 0 Å². The first-order valence-corrected chi connectivity index (χ1v) is 4.85. The molecule has 15 heavy (non-hydrogen) atoms. The second-order valence-electron chi connectivity index (χ2n) is 3.07. The fourth-order valence-electron chi connectivity index (χ4n) is 1.43. The summed E-state index contributed by atoms with van der Waals surface area (Å²) in [5, 5.41) is 0.424. The zero-order valence-corrected chi connectivity index (χ0v) is 8.61. The number of rotatable bonds is 2. The molecule has 1 aromatic carbocycles. The van der Waals surface area contributed by atoms with Crippen LogP contribution in [0.3, 0.4) is 0 Å². The Kier molecular flexibility index (Phi) is 2.79. The first-order valence-electron chi connectivity index (χ1n) is 4.47. The molecule has 0 amide bonds. The molecule has 1 heterocycles. The summed E-state index contributed by atoms with van der Waals surface area (Å²) in [5.41, 5.74) is 2.43. The average molecular weight is 218 g/mol. The van der Waals surface area contributed by atoms with Crippen molar-refractivity contribution >= 4 is 17.9 Å². The maximum atomic E-state index is 10.8. The molecule has 74 valence electrons. The molecule has 2 nitrogen and oxygen atoms in total. The van der Waals surface area contributed by atoms with Crippen molar-refractivity contribution in [1.82, 2.24) is 4.98 Å². The normalized spacial score (nSPS) is 9.93. The van der Waals surface area contributed by atoms with Gasteiger partial charge in [-0.15, -0.1) is 0 Å². The lowest BCUT2D eigenvalue weighted by molar-refractivity contribution is 0.112. The van der Waals surface area contributed by atoms with Crippen LogP contribution in [0.1, 0.15) is 10.4 Å². The van der Waals surface area contributed by atoms with Crippen molar-refractivity contribution in [1.29, 1.82) is 0 Å². The van der Waals surface area contributed by atoms with Crippen LogP contribution < -0.4 is 0 Å². The minimum Gasteiger partial charge on any atom is -0.298 e. The zero-order valence-electron chi connectivity index (χ0n) is 7.85. The third-order valence-electron chi connectivity index (χ3n) is 2.13. The van der Waals surface area contributed by atoms with E-state index in [0.717, 1.165) is 17.4 Å². The number of nitrogens with zero attached hydrogens (tertiary/aromatic N) is 1. The highest BCUT2D eigenvalue weighted by Crippen LogP contribution is 2.23. The highest BCUT2D eigenvalue weighted by molar-refractivity contribution is 6.29. The van der Waals surface area contributed by atoms with Gasteiger partial charge in [0.25, 0.3) is 0 Å². The van der Waals surface area contributed by atoms with Crippen molar-refractivity contribution in [3.8, 4) is 11.1 Å². The summed E-state index contributed by atoms with van der Waals surface area (Å²) in [5.74, 6) is 0. The predicted octanol–water partition coefficient (Wildman–Crippen LogP) is 3.21. The molecule has 0 N–H and O–H groups in total. The first-order chi connectivity index (χ1) is 7.31. The van der Waals surface area contributed by atoms with Crippen LogP contribution in [0.4, 0.5) is 0 Å². The monoisotopic (exact) mass is 217 g/mol. The van der Waals surface area contributed by atoms with E-state index in [1.54, 1.807) is 18.3 Å². The zero-order chi connectivity index (χ0) is 10.7. The van der Waals surface area contributed by atoms with Crippen LogP contribution in [0, 0.1) is 0 Å². The van der Waals surface area contributed by atoms with Gasteiger partial charge in [0, 0.05) is 11.8 Å². The molecule has 0 saturated heterocycles. The van der Waals surface area contributed by atoms with Crippen molar-refractivity contribution < 1.29 is 4.79 Å². The summed E-state index contributed by atoms with van der Waals surface area (Å²) in [6.45, 7) is 0. The van der Waals surface area contributed by atoms with E-state index in [4.69, 9.17) is 11.6 Å². The second-order valence-corrected chi connectivity index (χ2v) is 3.46. The third-order valence-corrected chi connectivity index (χ3v) is 2.33. The Labute approximate surface area is 92.5 Å². The summed E-state index contributed by atoms with van der Waals surface area (Å²) in [6.07, 6.45) is 2.46. The Morgan fingerprint density at radius 3 is 2.73 bits per heavy atom. The minimum absolute atomic E-state index is 0.424. The Hall–Kier alpha value is -1.67. The maximum Gasteiger partial charge on any atom is 0.150 e. The molecule has 3 heteroatoms. The lowest BCUT2D eigenvalue weighted by Gasteiger charge is -2.04. The smallest absolute Gasteiger partial charge is 0.150 e. The summed E-state index contributed by atoms with van der Waals surface area (Å²) in [4.78, 5) is 14.7. The second kappa shape index (κ2) is 4.24. The number of hydrogen-bond acceptors (Lipinski definition) is 2. The maximum absolute atomic E-state index is 10.8. The number of aromatic nitrogens is 1. The molecule has 0 aliphatic carbocycles. The molecule has 0 aliphatic rings. The highest BCUT2D eigenvalue weighted by atomic mass is 35.5. The molecule has 0 spiro atoms. The molecule has 1 aromatic heterocycles. The topological polar surface area (TPSA) is 30.0 Å². The van der Waals surface area contributed by atoms with Crippen molar-refractivity contribution in [2.45, 2.75) is 0 Å². The van der Waals surface area contributed by atoms with Gasteiger partial charge >= 0.3 is 0 Å². The van der Waals surface area contributed by atoms with Crippen LogP contribution in [0.2, 0.25) is 5.15 Å². The lowest BCUT2D eigenvalue weighted by atomic mass is 10.0. The van der Waals surface area contributed by atoms with Gasteiger partial charge in [0.2, 0.25) is 0 Å². The quantitative estimate of drug-likeness (QED) is 0.571. The molecular weight excluding hydrogens is 210 g/mol. The molecule has 0 radical (unpaired) electrons. The van der Waals surface area contributed by atoms with E-state index in [2.05, 4.69) is 4.98 Å². The molecule has 0 fully saturated rings. The van der Waals surface area contributed by atoms with Gasteiger partial charge in [0.1, 0.15) is 5.15 Å². The van der Waals surface area contributed by atoms with Crippen LogP contribution in [-0.2, 0) is 0 Å². The summed E-state index contributed by atoms with van der Waals surface area (Å²) >= 11 is 5.79. The summed E-state index contributed by atoms with van der Waals surface area (Å²) in [6, 6.07) is 10.9. The highest BCUT2D eigenvalue weighted by Gasteiger charge is 2.03. The van der Waals surface area contributed by atoms with Crippen molar-refractivity contribution in [3.05, 3.63) is 53.3 Å². The van der Waals surface area contributed by atoms with E-state index in [1.165, 1.54) is 0 Å². The molecule has 0 unspecified atom stereocenters. The number of hydrogen-bond donors (Lipinski definition) is 0. The number of benzene rings is 1. The molecule has 0 aliphatic heterocycles. The van der Waals surface area contributed by atoms with Crippen molar-refractivity contribution in [3.63, 3.8) is 0 Å². The van der Waals surface area contributed by atoms with Gasteiger partial charge in [0.05, 0.1) is 0 Å². The largest absolute Gasteiger partial charge is 0.298 e. The Morgan fingerprint density at radius 1 is 1.20 bits per heavy atom. The molecule has 2 aromatic rings. The van der Waals surface area contributed by atoms with Crippen molar-refractivity contribution in [2.75, 3.05) is 0 Å². The van der Waals surface area contributed by atoms with Crippen LogP contribution in [0.25, 0.3) is 11.1 Å². The van der Waals surface area contributed by atoms with Gasteiger partial charge in [-0.05, 0) is 23.3 Å². The van der Waals surface area contributed by atoms with Crippen LogP contribution in [0.5, 0.6) is 0 Å². The number of aldehydes is 1. The Morgan fingerprint density at radius 2 is 2.00 bits per heavy atom. The number of carbonyl (C=O) groups excluding carboxylic acids is 1. The fourth-order valence-corrected chi connectivity index (χ4v) is 1.61. The fraction of sp³-hybridized carbons (Fsp3) is 0. The first kappa shape index (κ1) is 9.87. The predicted molar refractivity (Wildman–Crippen MR) is 60.1 cm³/mol. The van der Waals surface area contributed by atoms with Crippen molar-refractivity contribution in [2.24, 2.45) is 0 Å². The standard InChI is InChI=1S/C12H8ClNO/c13-12-7-9(5-6-14-12)11-4-2-1-3-10(11)8-15/h1-8H. The van der Waals surface area contributed by atoms with E-state index in [-0.39, 0.29) is 0 Å². The van der Waals surface area contributed by atoms with E-state index >= 15 is 0 Å². The van der Waals surface area contributed by atoms with Crippen LogP contribution in [0.15, 0.2) is 42.6 Å².